The van der Waals surface area contributed by atoms with E-state index in [1.165, 1.54) is 6.92 Å². The van der Waals surface area contributed by atoms with Crippen molar-refractivity contribution in [2.45, 2.75) is 235 Å². The zero-order valence-electron chi connectivity index (χ0n) is 75.9. The molecule has 0 aromatic carbocycles. The van der Waals surface area contributed by atoms with Crippen molar-refractivity contribution < 1.29 is 91.4 Å². The van der Waals surface area contributed by atoms with Crippen molar-refractivity contribution in [3.63, 3.8) is 0 Å². The number of carbonyl (C=O) groups excluding carboxylic acids is 18. The van der Waals surface area contributed by atoms with Crippen LogP contribution < -0.4 is 151 Å². The van der Waals surface area contributed by atoms with Gasteiger partial charge in [-0.15, -0.1) is 0 Å². The Morgan fingerprint density at radius 2 is 0.567 bits per heavy atom. The van der Waals surface area contributed by atoms with E-state index in [4.69, 9.17) is 55.7 Å². The molecule has 0 aromatic rings. The second-order valence-corrected chi connectivity index (χ2v) is 40.3. The average molecular weight is 2010 g/mol. The van der Waals surface area contributed by atoms with Gasteiger partial charge >= 0.3 is 0 Å². The van der Waals surface area contributed by atoms with Crippen molar-refractivity contribution in [3.8, 4) is 0 Å². The first-order valence-electron chi connectivity index (χ1n) is 43.5. The standard InChI is InChI=1S/C76H133N33O19S6/c1-9-36(6)54-70(127)106-50-33-134-129-28-45(101-56(113)37(7)94-51(111)26-92-58(115)40(16-11-21-88-73(79)80)99-71(128)55(38(8)110)109-68(50)125)63(120)97-42(18-13-23-90-75(83)84)60(117)102-47-30-131-133-32-49(67(124)108-54)103-61(118)43(19-14-24-91-76(85)86)98-65(122)48-31-132-130-29-46(104-62(119)44(25-34(2)3)100-66(47)123)64(121)96-41(17-12-22-89-74(81)82)59(116)95-39(15-10-20-87-72(77)78)57(114)93-27-52(112)107-53(35(4)5)69(126)105-48/h34-50,53-55,110H,9-33H2,1-8H3,(H,92,115)(H,93,114)(H,94,111)(H,95,116)(H,96,121)(H,97,120)(H,98,122)(H,99,128)(H,100,123)(H,101,113)(H,102,117)(H,103,118)(H,104,119)(H,105,126)(H,106,127)(H,107,112)(H,108,124)(H,109,125)(H4,77,78,87)(H4,79,80,88)(H4,81,82,89)(H4,83,84,90)(H4,85,86,91)/t36-,37-,38+,39-,40-,41-,42-,43-,44-,45-,46-,47-,48-,49-,50-,53-,54-,55-/m0/s1. The first kappa shape index (κ1) is 115. The van der Waals surface area contributed by atoms with Crippen LogP contribution in [0.25, 0.3) is 0 Å². The highest BCUT2D eigenvalue weighted by atomic mass is 33.1. The Morgan fingerprint density at radius 1 is 0.321 bits per heavy atom. The van der Waals surface area contributed by atoms with E-state index in [2.05, 4.69) is 122 Å². The van der Waals surface area contributed by atoms with Crippen molar-refractivity contribution in [2.24, 2.45) is 46.4 Å². The third-order valence-corrected chi connectivity index (χ3v) is 27.9. The lowest BCUT2D eigenvalue weighted by Crippen LogP contribution is -2.63. The van der Waals surface area contributed by atoms with E-state index >= 15 is 47.9 Å². The van der Waals surface area contributed by atoms with Gasteiger partial charge in [0, 0.05) is 67.2 Å². The maximum absolute atomic E-state index is 15.6. The fraction of sp³-hybridized carbons (Fsp3) is 0.697. The smallest absolute Gasteiger partial charge is 0.245 e. The number of amides is 18. The molecular weight excluding hydrogens is 1870 g/mol. The summed E-state index contributed by atoms with van der Waals surface area (Å²) in [6.45, 7) is 10.1. The highest BCUT2D eigenvalue weighted by Crippen LogP contribution is 2.28. The maximum Gasteiger partial charge on any atom is 0.245 e. The molecule has 6 bridgehead atoms. The first-order valence-corrected chi connectivity index (χ1v) is 51.0. The molecule has 18 amide bonds. The van der Waals surface area contributed by atoms with Gasteiger partial charge in [-0.25, -0.2) is 0 Å². The molecule has 0 saturated carbocycles. The van der Waals surface area contributed by atoms with Crippen LogP contribution in [0.2, 0.25) is 0 Å². The number of guanidine groups is 5. The molecule has 0 aromatic heterocycles. The van der Waals surface area contributed by atoms with E-state index in [1.807, 2.05) is 0 Å². The molecule has 18 atom stereocenters. The Kier molecular flexibility index (Phi) is 51.8. The minimum absolute atomic E-state index is 0.00504. The summed E-state index contributed by atoms with van der Waals surface area (Å²) in [5.74, 6) is -26.3. The molecular formula is C76H133N33O19S6. The summed E-state index contributed by atoms with van der Waals surface area (Å²) in [5, 5.41) is 110. The van der Waals surface area contributed by atoms with E-state index in [-0.39, 0.29) is 110 Å². The van der Waals surface area contributed by atoms with Gasteiger partial charge < -0.3 is 156 Å². The number of hydrogen-bond acceptors (Lipinski definition) is 30. The van der Waals surface area contributed by atoms with Gasteiger partial charge in [0.05, 0.1) is 19.2 Å². The molecule has 4 heterocycles. The molecule has 752 valence electrons. The fourth-order valence-corrected chi connectivity index (χ4v) is 20.0. The van der Waals surface area contributed by atoms with E-state index < -0.39 is 304 Å². The number of aliphatic hydroxyl groups excluding tert-OH is 1. The third kappa shape index (κ3) is 43.0. The second kappa shape index (κ2) is 60.3. The third-order valence-electron chi connectivity index (χ3n) is 20.6. The summed E-state index contributed by atoms with van der Waals surface area (Å²) < 4.78 is 0. The normalized spacial score (nSPS) is 26.7. The fourth-order valence-electron chi connectivity index (χ4n) is 13.1. The van der Waals surface area contributed by atoms with Gasteiger partial charge in [0.15, 0.2) is 29.8 Å². The number of carbonyl (C=O) groups is 18. The predicted octanol–water partition coefficient (Wildman–Crippen LogP) is -10.4. The largest absolute Gasteiger partial charge is 0.391 e. The minimum atomic E-state index is -1.92. The van der Waals surface area contributed by atoms with Crippen LogP contribution in [-0.2, 0) is 86.3 Å². The van der Waals surface area contributed by atoms with Gasteiger partial charge in [-0.1, -0.05) is 113 Å². The zero-order valence-corrected chi connectivity index (χ0v) is 80.8. The lowest BCUT2D eigenvalue weighted by molar-refractivity contribution is -0.137. The van der Waals surface area contributed by atoms with Gasteiger partial charge in [0.1, 0.15) is 96.7 Å². The molecule has 4 fully saturated rings. The number of fused-ring (bicyclic) bond motifs is 15. The molecule has 52 nitrogen and oxygen atoms in total. The van der Waals surface area contributed by atoms with Crippen LogP contribution in [-0.4, -0.2) is 324 Å². The average Bonchev–Trinajstić information content (AvgIpc) is 0.843. The monoisotopic (exact) mass is 2000 g/mol. The topological polar surface area (TPSA) is 854 Å². The lowest BCUT2D eigenvalue weighted by Gasteiger charge is -2.30. The summed E-state index contributed by atoms with van der Waals surface area (Å²) in [6, 6.07) is -26.8. The van der Waals surface area contributed by atoms with Crippen molar-refractivity contribution in [1.82, 2.24) is 122 Å². The Bertz CT molecular complexity index is 4130. The molecule has 4 rings (SSSR count). The Hall–Kier alpha value is -11.1. The molecule has 58 heteroatoms. The van der Waals surface area contributed by atoms with Crippen molar-refractivity contribution in [2.75, 3.05) is 80.3 Å². The van der Waals surface area contributed by atoms with Crippen LogP contribution in [0.1, 0.15) is 132 Å². The Morgan fingerprint density at radius 3 is 0.873 bits per heavy atom. The zero-order chi connectivity index (χ0) is 100. The molecule has 0 spiro atoms. The van der Waals surface area contributed by atoms with Gasteiger partial charge in [-0.2, -0.15) is 0 Å². The molecule has 0 radical (unpaired) electrons. The SMILES string of the molecule is CC[C@H](C)[C@@H]1NC(=O)[C@@H]2CSSC[C@H](NC(=O)[C@H](CCCNC(=N)N)NC(=O)[C@@H]3CSSC[C@H](NC1=O)C(=O)N[C@@H]([C@@H](C)O)C(=O)N[C@@H](CCCNC(=N)N)C(=O)NCC(=O)N[C@@H](C)C(=O)N3)C(=O)N[C@@H](CC(C)C)C(=O)N[C@H]1CSSC[C@H](NC(=O)[C@H](C(C)C)NC(=O)CNC(=O)[C@H](CCCNC(=N)N)NC(=O)[C@H](CCCNC(=N)N)NC1=O)C(=O)N[C@@H](CCCNC(=N)N)C(=O)N2. The van der Waals surface area contributed by atoms with Crippen molar-refractivity contribution in [3.05, 3.63) is 0 Å². The summed E-state index contributed by atoms with van der Waals surface area (Å²) in [6.07, 6.45) is -3.21. The number of nitrogens with two attached hydrogens (primary N) is 5. The number of rotatable bonds is 26. The van der Waals surface area contributed by atoms with Crippen LogP contribution in [0.5, 0.6) is 0 Å². The summed E-state index contributed by atoms with van der Waals surface area (Å²) >= 11 is 0. The molecule has 4 saturated heterocycles. The molecule has 39 N–H and O–H groups in total. The van der Waals surface area contributed by atoms with E-state index in [0.29, 0.717) is 0 Å². The predicted molar refractivity (Wildman–Crippen MR) is 509 cm³/mol. The summed E-state index contributed by atoms with van der Waals surface area (Å²) in [7, 11) is 4.83. The van der Waals surface area contributed by atoms with E-state index in [0.717, 1.165) is 71.7 Å². The molecule has 4 aliphatic heterocycles. The highest BCUT2D eigenvalue weighted by molar-refractivity contribution is 8.77. The number of aliphatic hydroxyl groups is 1. The van der Waals surface area contributed by atoms with Gasteiger partial charge in [-0.3, -0.25) is 113 Å². The summed E-state index contributed by atoms with van der Waals surface area (Å²) in [5.41, 5.74) is 27.9. The van der Waals surface area contributed by atoms with Gasteiger partial charge in [0.25, 0.3) is 0 Å². The van der Waals surface area contributed by atoms with Crippen LogP contribution in [0.3, 0.4) is 0 Å². The Labute approximate surface area is 798 Å². The van der Waals surface area contributed by atoms with E-state index in [9.17, 15) is 43.5 Å². The molecule has 134 heavy (non-hydrogen) atoms. The van der Waals surface area contributed by atoms with Gasteiger partial charge in [0.2, 0.25) is 106 Å². The maximum atomic E-state index is 15.6. The van der Waals surface area contributed by atoms with Crippen LogP contribution in [0.15, 0.2) is 0 Å². The minimum Gasteiger partial charge on any atom is -0.391 e. The second-order valence-electron chi connectivity index (χ2n) is 32.6. The molecule has 0 unspecified atom stereocenters. The van der Waals surface area contributed by atoms with E-state index in [1.54, 1.807) is 41.5 Å². The van der Waals surface area contributed by atoms with Crippen molar-refractivity contribution >= 4 is 201 Å². The number of hydrogen-bond donors (Lipinski definition) is 34. The lowest BCUT2D eigenvalue weighted by atomic mass is 9.97. The molecule has 4 aliphatic rings. The van der Waals surface area contributed by atoms with Crippen molar-refractivity contribution in [1.29, 1.82) is 27.0 Å². The quantitative estimate of drug-likeness (QED) is 0.0165. The molecule has 0 aliphatic carbocycles. The van der Waals surface area contributed by atoms with Crippen LogP contribution in [0, 0.1) is 44.8 Å². The Balaban J connectivity index is 2.16. The summed E-state index contributed by atoms with van der Waals surface area (Å²) in [4.78, 5) is 268. The first-order chi connectivity index (χ1) is 63.3. The van der Waals surface area contributed by atoms with Crippen LogP contribution in [0.4, 0.5) is 0 Å². The van der Waals surface area contributed by atoms with Gasteiger partial charge in [-0.05, 0) is 102 Å². The van der Waals surface area contributed by atoms with Crippen LogP contribution >= 0.6 is 64.8 Å². The number of nitrogens with one attached hydrogen (secondary N) is 28. The highest BCUT2D eigenvalue weighted by Gasteiger charge is 2.42.